The molecule has 0 fully saturated rings. The first kappa shape index (κ1) is 13.8. The number of carbonyl (C=O) groups excluding carboxylic acids is 1. The number of benzene rings is 1. The van der Waals surface area contributed by atoms with Gasteiger partial charge in [-0.15, -0.1) is 0 Å². The minimum Gasteiger partial charge on any atom is -0.366 e. The molecule has 3 rings (SSSR count). The fraction of sp³-hybridized carbons (Fsp3) is 0.294. The highest BCUT2D eigenvalue weighted by Crippen LogP contribution is 2.27. The molecule has 4 nitrogen and oxygen atoms in total. The van der Waals surface area contributed by atoms with Gasteiger partial charge in [-0.3, -0.25) is 9.78 Å². The first-order valence-electron chi connectivity index (χ1n) is 7.30. The molecule has 21 heavy (non-hydrogen) atoms. The summed E-state index contributed by atoms with van der Waals surface area (Å²) in [6.45, 7) is 0.710. The summed E-state index contributed by atoms with van der Waals surface area (Å²) in [5, 5.41) is 3.55. The molecule has 0 saturated carbocycles. The number of rotatable bonds is 4. The number of aromatic nitrogens is 1. The molecule has 0 spiro atoms. The van der Waals surface area contributed by atoms with Gasteiger partial charge in [0.25, 0.3) is 0 Å². The smallest absolute Gasteiger partial charge is 0.248 e. The number of primary amides is 1. The number of aryl methyl sites for hydroxylation is 1. The highest BCUT2D eigenvalue weighted by atomic mass is 16.1. The molecule has 0 bridgehead atoms. The van der Waals surface area contributed by atoms with Crippen LogP contribution >= 0.6 is 0 Å². The van der Waals surface area contributed by atoms with E-state index in [0.717, 1.165) is 24.1 Å². The Bertz CT molecular complexity index is 654. The summed E-state index contributed by atoms with van der Waals surface area (Å²) in [5.74, 6) is -0.387. The Labute approximate surface area is 124 Å². The van der Waals surface area contributed by atoms with Gasteiger partial charge >= 0.3 is 0 Å². The van der Waals surface area contributed by atoms with Gasteiger partial charge in [-0.1, -0.05) is 18.2 Å². The average molecular weight is 281 g/mol. The summed E-state index contributed by atoms with van der Waals surface area (Å²) in [5.41, 5.74) is 9.43. The largest absolute Gasteiger partial charge is 0.366 e. The predicted molar refractivity (Wildman–Crippen MR) is 81.7 cm³/mol. The molecule has 1 unspecified atom stereocenters. The standard InChI is InChI=1S/C17H19N3O/c18-17(21)14-6-1-4-12(10-14)11-20-15-8-2-5-13-7-3-9-19-16(13)15/h1,3-4,6-7,9-10,15,20H,2,5,8,11H2,(H2,18,21). The number of hydrogen-bond acceptors (Lipinski definition) is 3. The number of hydrogen-bond donors (Lipinski definition) is 2. The van der Waals surface area contributed by atoms with Crippen molar-refractivity contribution in [3.8, 4) is 0 Å². The highest BCUT2D eigenvalue weighted by molar-refractivity contribution is 5.92. The maximum atomic E-state index is 11.2. The van der Waals surface area contributed by atoms with Crippen LogP contribution in [0.2, 0.25) is 0 Å². The van der Waals surface area contributed by atoms with Crippen LogP contribution in [-0.4, -0.2) is 10.9 Å². The van der Waals surface area contributed by atoms with E-state index in [1.54, 1.807) is 6.07 Å². The minimum atomic E-state index is -0.387. The number of amides is 1. The molecule has 1 amide bonds. The lowest BCUT2D eigenvalue weighted by Gasteiger charge is -2.25. The fourth-order valence-electron chi connectivity index (χ4n) is 2.88. The van der Waals surface area contributed by atoms with E-state index in [2.05, 4.69) is 16.4 Å². The zero-order valence-corrected chi connectivity index (χ0v) is 11.9. The molecule has 0 saturated heterocycles. The van der Waals surface area contributed by atoms with E-state index in [1.807, 2.05) is 30.5 Å². The zero-order valence-electron chi connectivity index (χ0n) is 11.9. The van der Waals surface area contributed by atoms with Crippen molar-refractivity contribution in [1.82, 2.24) is 10.3 Å². The second-order valence-corrected chi connectivity index (χ2v) is 5.44. The van der Waals surface area contributed by atoms with Crippen molar-refractivity contribution in [2.45, 2.75) is 31.8 Å². The summed E-state index contributed by atoms with van der Waals surface area (Å²) in [4.78, 5) is 15.7. The summed E-state index contributed by atoms with van der Waals surface area (Å²) in [7, 11) is 0. The third-order valence-electron chi connectivity index (χ3n) is 3.96. The minimum absolute atomic E-state index is 0.284. The summed E-state index contributed by atoms with van der Waals surface area (Å²) in [6, 6.07) is 11.9. The SMILES string of the molecule is NC(=O)c1cccc(CNC2CCCc3cccnc32)c1. The molecule has 108 valence electrons. The van der Waals surface area contributed by atoms with Gasteiger partial charge in [-0.05, 0) is 48.6 Å². The molecular formula is C17H19N3O. The molecule has 4 heteroatoms. The van der Waals surface area contributed by atoms with E-state index in [1.165, 1.54) is 12.0 Å². The molecule has 1 aromatic carbocycles. The van der Waals surface area contributed by atoms with Crippen LogP contribution in [0.3, 0.4) is 0 Å². The Hall–Kier alpha value is -2.20. The lowest BCUT2D eigenvalue weighted by Crippen LogP contribution is -2.26. The van der Waals surface area contributed by atoms with Crippen LogP contribution < -0.4 is 11.1 Å². The zero-order chi connectivity index (χ0) is 14.7. The molecular weight excluding hydrogens is 262 g/mol. The van der Waals surface area contributed by atoms with Gasteiger partial charge in [-0.25, -0.2) is 0 Å². The molecule has 1 heterocycles. The Morgan fingerprint density at radius 1 is 1.33 bits per heavy atom. The molecule has 1 aliphatic rings. The van der Waals surface area contributed by atoms with Crippen LogP contribution in [0.5, 0.6) is 0 Å². The van der Waals surface area contributed by atoms with Gasteiger partial charge in [0.15, 0.2) is 0 Å². The number of pyridine rings is 1. The summed E-state index contributed by atoms with van der Waals surface area (Å²) >= 11 is 0. The quantitative estimate of drug-likeness (QED) is 0.904. The van der Waals surface area contributed by atoms with E-state index < -0.39 is 0 Å². The third-order valence-corrected chi connectivity index (χ3v) is 3.96. The average Bonchev–Trinajstić information content (AvgIpc) is 2.53. The second kappa shape index (κ2) is 6.06. The summed E-state index contributed by atoms with van der Waals surface area (Å²) in [6.07, 6.45) is 5.24. The van der Waals surface area contributed by atoms with Gasteiger partial charge in [0.05, 0.1) is 11.7 Å². The number of nitrogens with one attached hydrogen (secondary N) is 1. The number of nitrogens with zero attached hydrogens (tertiary/aromatic N) is 1. The first-order chi connectivity index (χ1) is 10.2. The first-order valence-corrected chi connectivity index (χ1v) is 7.30. The normalized spacial score (nSPS) is 17.2. The predicted octanol–water partition coefficient (Wildman–Crippen LogP) is 2.35. The van der Waals surface area contributed by atoms with E-state index in [0.29, 0.717) is 12.1 Å². The molecule has 0 aliphatic heterocycles. The van der Waals surface area contributed by atoms with Crippen molar-refractivity contribution in [3.63, 3.8) is 0 Å². The molecule has 2 aromatic rings. The molecule has 1 aliphatic carbocycles. The van der Waals surface area contributed by atoms with Crippen LogP contribution in [0.15, 0.2) is 42.6 Å². The number of carbonyl (C=O) groups is 1. The van der Waals surface area contributed by atoms with Crippen LogP contribution in [0.4, 0.5) is 0 Å². The molecule has 1 atom stereocenters. The maximum Gasteiger partial charge on any atom is 0.248 e. The van der Waals surface area contributed by atoms with Crippen molar-refractivity contribution in [1.29, 1.82) is 0 Å². The highest BCUT2D eigenvalue weighted by Gasteiger charge is 2.20. The lowest BCUT2D eigenvalue weighted by molar-refractivity contribution is 0.1000. The Balaban J connectivity index is 1.71. The van der Waals surface area contributed by atoms with Crippen molar-refractivity contribution in [2.24, 2.45) is 5.73 Å². The van der Waals surface area contributed by atoms with Gasteiger partial charge in [0.2, 0.25) is 5.91 Å². The Morgan fingerprint density at radius 3 is 3.10 bits per heavy atom. The monoisotopic (exact) mass is 281 g/mol. The van der Waals surface area contributed by atoms with Crippen LogP contribution in [0.25, 0.3) is 0 Å². The van der Waals surface area contributed by atoms with Crippen LogP contribution in [0.1, 0.15) is 46.1 Å². The summed E-state index contributed by atoms with van der Waals surface area (Å²) < 4.78 is 0. The Kier molecular flexibility index (Phi) is 3.97. The topological polar surface area (TPSA) is 68.0 Å². The van der Waals surface area contributed by atoms with Gasteiger partial charge < -0.3 is 11.1 Å². The van der Waals surface area contributed by atoms with Gasteiger partial charge in [0.1, 0.15) is 0 Å². The Morgan fingerprint density at radius 2 is 2.24 bits per heavy atom. The molecule has 1 aromatic heterocycles. The van der Waals surface area contributed by atoms with Gasteiger partial charge in [0, 0.05) is 18.3 Å². The molecule has 3 N–H and O–H groups in total. The van der Waals surface area contributed by atoms with Crippen molar-refractivity contribution < 1.29 is 4.79 Å². The van der Waals surface area contributed by atoms with E-state index in [9.17, 15) is 4.79 Å². The second-order valence-electron chi connectivity index (χ2n) is 5.44. The van der Waals surface area contributed by atoms with Gasteiger partial charge in [-0.2, -0.15) is 0 Å². The number of fused-ring (bicyclic) bond motifs is 1. The van der Waals surface area contributed by atoms with Crippen LogP contribution in [-0.2, 0) is 13.0 Å². The van der Waals surface area contributed by atoms with E-state index in [4.69, 9.17) is 5.73 Å². The van der Waals surface area contributed by atoms with E-state index in [-0.39, 0.29) is 11.9 Å². The molecule has 0 radical (unpaired) electrons. The third kappa shape index (κ3) is 3.11. The lowest BCUT2D eigenvalue weighted by atomic mass is 9.92. The van der Waals surface area contributed by atoms with Crippen molar-refractivity contribution in [3.05, 3.63) is 65.0 Å². The van der Waals surface area contributed by atoms with Crippen molar-refractivity contribution >= 4 is 5.91 Å². The van der Waals surface area contributed by atoms with Crippen LogP contribution in [0, 0.1) is 0 Å². The van der Waals surface area contributed by atoms with E-state index >= 15 is 0 Å². The van der Waals surface area contributed by atoms with Crippen molar-refractivity contribution in [2.75, 3.05) is 0 Å². The number of nitrogens with two attached hydrogens (primary N) is 1. The maximum absolute atomic E-state index is 11.2. The fourth-order valence-corrected chi connectivity index (χ4v) is 2.88.